The van der Waals surface area contributed by atoms with E-state index >= 15 is 0 Å². The number of aromatic hydroxyl groups is 2. The standard InChI is InChI=1S/2C18H15N3O6S.Ba/c2*1-2-11-5-3-7-14(18(11)21(23)24)19-20-17-13-6-4-8-16(28(25,26)27)12(13)9-10-15(17)22;/h2*3-10,22H,2H2,1H3,(H,25,26,27);/q;;+2/p-2. The molecule has 0 radical (unpaired) electrons. The first-order valence-electron chi connectivity index (χ1n) is 16.2. The molecule has 288 valence electrons. The molecule has 0 atom stereocenters. The Morgan fingerprint density at radius 2 is 0.877 bits per heavy atom. The number of hydrogen-bond donors (Lipinski definition) is 2. The molecule has 2 N–H and O–H groups in total. The smallest absolute Gasteiger partial charge is 0.744 e. The van der Waals surface area contributed by atoms with Gasteiger partial charge in [0.05, 0.1) is 19.6 Å². The number of nitro groups is 2. The van der Waals surface area contributed by atoms with Gasteiger partial charge in [-0.3, -0.25) is 20.2 Å². The third-order valence-electron chi connectivity index (χ3n) is 8.32. The van der Waals surface area contributed by atoms with Gasteiger partial charge in [0.15, 0.2) is 11.4 Å². The van der Waals surface area contributed by atoms with Gasteiger partial charge in [0, 0.05) is 32.7 Å². The molecule has 6 rings (SSSR count). The van der Waals surface area contributed by atoms with E-state index < -0.39 is 39.9 Å². The Kier molecular flexibility index (Phi) is 14.4. The molecule has 0 aromatic heterocycles. The Morgan fingerprint density at radius 1 is 0.526 bits per heavy atom. The second-order valence-corrected chi connectivity index (χ2v) is 14.4. The number of para-hydroxylation sites is 2. The quantitative estimate of drug-likeness (QED) is 0.0431. The van der Waals surface area contributed by atoms with Crippen LogP contribution in [0.5, 0.6) is 11.5 Å². The predicted octanol–water partition coefficient (Wildman–Crippen LogP) is 8.29. The summed E-state index contributed by atoms with van der Waals surface area (Å²) in [6, 6.07) is 22.1. The van der Waals surface area contributed by atoms with E-state index in [1.165, 1.54) is 60.7 Å². The topological polar surface area (TPSA) is 291 Å². The maximum absolute atomic E-state index is 11.5. The Balaban J connectivity index is 0.000000248. The zero-order valence-electron chi connectivity index (χ0n) is 29.8. The van der Waals surface area contributed by atoms with Crippen molar-refractivity contribution in [3.63, 3.8) is 0 Å². The van der Waals surface area contributed by atoms with Crippen molar-refractivity contribution in [3.05, 3.63) is 128 Å². The van der Waals surface area contributed by atoms with Crippen LogP contribution in [0.15, 0.2) is 127 Å². The molecule has 0 saturated heterocycles. The maximum atomic E-state index is 11.5. The first kappa shape index (κ1) is 44.5. The van der Waals surface area contributed by atoms with E-state index in [0.717, 1.165) is 12.1 Å². The van der Waals surface area contributed by atoms with E-state index in [0.29, 0.717) is 24.0 Å². The summed E-state index contributed by atoms with van der Waals surface area (Å²) in [5.74, 6) is -0.628. The molecule has 57 heavy (non-hydrogen) atoms. The molecule has 0 aliphatic heterocycles. The number of fused-ring (bicyclic) bond motifs is 2. The van der Waals surface area contributed by atoms with Crippen LogP contribution in [-0.4, -0.2) is 94.9 Å². The molecular formula is C36H28BaN6O12S2. The minimum absolute atomic E-state index is 0. The molecule has 6 aromatic carbocycles. The number of phenolic OH excluding ortho intramolecular Hbond substituents is 2. The molecule has 0 amide bonds. The van der Waals surface area contributed by atoms with E-state index in [2.05, 4.69) is 20.5 Å². The SMILES string of the molecule is CCc1cccc(N=Nc2c(O)ccc3c(S(=O)(=O)[O-])cccc23)c1[N+](=O)[O-].CCc1cccc(N=Nc2c(O)ccc3c(S(=O)(=O)[O-])cccc23)c1[N+](=O)[O-].[Ba+2]. The second kappa shape index (κ2) is 18.4. The normalized spacial score (nSPS) is 11.7. The van der Waals surface area contributed by atoms with E-state index in [1.54, 1.807) is 38.1 Å². The number of benzene rings is 6. The maximum Gasteiger partial charge on any atom is 2.00 e. The molecule has 0 aliphatic carbocycles. The average Bonchev–Trinajstić information content (AvgIpc) is 3.15. The van der Waals surface area contributed by atoms with Crippen LogP contribution in [0.1, 0.15) is 25.0 Å². The summed E-state index contributed by atoms with van der Waals surface area (Å²) < 4.78 is 68.8. The molecule has 0 fully saturated rings. The van der Waals surface area contributed by atoms with Gasteiger partial charge < -0.3 is 19.3 Å². The Morgan fingerprint density at radius 3 is 1.19 bits per heavy atom. The molecule has 0 heterocycles. The van der Waals surface area contributed by atoms with E-state index in [-0.39, 0.29) is 116 Å². The minimum Gasteiger partial charge on any atom is -0.744 e. The predicted molar refractivity (Wildman–Crippen MR) is 206 cm³/mol. The van der Waals surface area contributed by atoms with Crippen molar-refractivity contribution in [3.8, 4) is 11.5 Å². The van der Waals surface area contributed by atoms with Gasteiger partial charge >= 0.3 is 48.9 Å². The van der Waals surface area contributed by atoms with Crippen LogP contribution in [0.25, 0.3) is 21.5 Å². The fourth-order valence-corrected chi connectivity index (χ4v) is 7.15. The van der Waals surface area contributed by atoms with Gasteiger partial charge in [0.2, 0.25) is 0 Å². The van der Waals surface area contributed by atoms with E-state index in [4.69, 9.17) is 0 Å². The molecule has 0 saturated carbocycles. The van der Waals surface area contributed by atoms with E-state index in [1.807, 2.05) is 0 Å². The summed E-state index contributed by atoms with van der Waals surface area (Å²) in [6.45, 7) is 3.54. The third kappa shape index (κ3) is 9.87. The van der Waals surface area contributed by atoms with Gasteiger partial charge in [-0.2, -0.15) is 0 Å². The summed E-state index contributed by atoms with van der Waals surface area (Å²) >= 11 is 0. The third-order valence-corrected chi connectivity index (χ3v) is 10.1. The van der Waals surface area contributed by atoms with Crippen molar-refractivity contribution >= 4 is 125 Å². The molecule has 0 aliphatic rings. The molecule has 0 bridgehead atoms. The molecule has 6 aromatic rings. The van der Waals surface area contributed by atoms with Crippen LogP contribution in [-0.2, 0) is 33.1 Å². The van der Waals surface area contributed by atoms with Crippen LogP contribution in [0, 0.1) is 20.2 Å². The Hall–Kier alpha value is -5.17. The number of nitro benzene ring substituents is 2. The second-order valence-electron chi connectivity index (χ2n) is 11.7. The van der Waals surface area contributed by atoms with Crippen LogP contribution in [0.3, 0.4) is 0 Å². The summed E-state index contributed by atoms with van der Waals surface area (Å²) in [6.07, 6.45) is 0.841. The van der Waals surface area contributed by atoms with Crippen LogP contribution >= 0.6 is 0 Å². The number of phenols is 2. The number of rotatable bonds is 10. The van der Waals surface area contributed by atoms with Gasteiger partial charge in [-0.1, -0.05) is 62.4 Å². The van der Waals surface area contributed by atoms with Crippen LogP contribution in [0.2, 0.25) is 0 Å². The molecule has 21 heteroatoms. The van der Waals surface area contributed by atoms with Crippen LogP contribution in [0.4, 0.5) is 34.1 Å². The Labute approximate surface area is 364 Å². The van der Waals surface area contributed by atoms with Crippen molar-refractivity contribution in [2.24, 2.45) is 20.5 Å². The summed E-state index contributed by atoms with van der Waals surface area (Å²) in [5.41, 5.74) is 0.347. The fraction of sp³-hybridized carbons (Fsp3) is 0.111. The zero-order chi connectivity index (χ0) is 40.9. The molecule has 18 nitrogen and oxygen atoms in total. The number of nitrogens with zero attached hydrogens (tertiary/aromatic N) is 6. The van der Waals surface area contributed by atoms with Gasteiger partial charge in [-0.05, 0) is 61.4 Å². The fourth-order valence-electron chi connectivity index (χ4n) is 5.77. The number of hydrogen-bond acceptors (Lipinski definition) is 16. The monoisotopic (exact) mass is 938 g/mol. The summed E-state index contributed by atoms with van der Waals surface area (Å²) in [4.78, 5) is 20.8. The summed E-state index contributed by atoms with van der Waals surface area (Å²) in [7, 11) is -9.49. The van der Waals surface area contributed by atoms with Crippen molar-refractivity contribution in [1.29, 1.82) is 0 Å². The van der Waals surface area contributed by atoms with E-state index in [9.17, 15) is 56.4 Å². The van der Waals surface area contributed by atoms with Gasteiger partial charge in [0.1, 0.15) is 43.1 Å². The first-order valence-corrected chi connectivity index (χ1v) is 19.1. The number of azo groups is 2. The molecular weight excluding hydrogens is 910 g/mol. The van der Waals surface area contributed by atoms with Crippen molar-refractivity contribution in [2.75, 3.05) is 0 Å². The molecule has 0 unspecified atom stereocenters. The van der Waals surface area contributed by atoms with Crippen molar-refractivity contribution in [2.45, 2.75) is 36.5 Å². The summed E-state index contributed by atoms with van der Waals surface area (Å²) in [5, 5.41) is 59.2. The molecule has 0 spiro atoms. The number of aryl methyl sites for hydroxylation is 2. The largest absolute Gasteiger partial charge is 2.00 e. The van der Waals surface area contributed by atoms with Crippen molar-refractivity contribution in [1.82, 2.24) is 0 Å². The first-order chi connectivity index (χ1) is 26.5. The van der Waals surface area contributed by atoms with Crippen LogP contribution < -0.4 is 0 Å². The van der Waals surface area contributed by atoms with Gasteiger partial charge in [-0.15, -0.1) is 20.5 Å². The van der Waals surface area contributed by atoms with Crippen molar-refractivity contribution < 1.29 is 46.0 Å². The average molecular weight is 938 g/mol. The van der Waals surface area contributed by atoms with Gasteiger partial charge in [-0.25, -0.2) is 16.8 Å². The zero-order valence-corrected chi connectivity index (χ0v) is 35.9. The minimum atomic E-state index is -4.75. The van der Waals surface area contributed by atoms with Gasteiger partial charge in [0.25, 0.3) is 11.4 Å². The Bertz CT molecular complexity index is 2640.